The van der Waals surface area contributed by atoms with Crippen LogP contribution in [-0.4, -0.2) is 42.0 Å². The lowest BCUT2D eigenvalue weighted by atomic mass is 10.4. The first-order valence-electron chi connectivity index (χ1n) is 6.32. The highest BCUT2D eigenvalue weighted by Crippen LogP contribution is 2.11. The molecule has 1 aromatic heterocycles. The minimum Gasteiger partial charge on any atom is -0.478 e. The fourth-order valence-electron chi connectivity index (χ4n) is 1.60. The fourth-order valence-corrected chi connectivity index (χ4v) is 1.60. The van der Waals surface area contributed by atoms with Gasteiger partial charge in [-0.05, 0) is 26.8 Å². The summed E-state index contributed by atoms with van der Waals surface area (Å²) in [6.07, 6.45) is 0. The highest BCUT2D eigenvalue weighted by molar-refractivity contribution is 5.80. The number of ether oxygens (including phenoxy) is 1. The highest BCUT2D eigenvalue weighted by atomic mass is 16.5. The van der Waals surface area contributed by atoms with Gasteiger partial charge in [0.05, 0.1) is 13.2 Å². The van der Waals surface area contributed by atoms with Gasteiger partial charge in [0.15, 0.2) is 0 Å². The van der Waals surface area contributed by atoms with E-state index in [0.29, 0.717) is 18.3 Å². The van der Waals surface area contributed by atoms with E-state index in [0.717, 1.165) is 13.1 Å². The zero-order valence-corrected chi connectivity index (χ0v) is 11.3. The molecule has 0 aliphatic rings. The van der Waals surface area contributed by atoms with Crippen molar-refractivity contribution in [2.75, 3.05) is 31.6 Å². The molecule has 0 aliphatic carbocycles. The van der Waals surface area contributed by atoms with Crippen LogP contribution in [0.25, 0.3) is 0 Å². The molecule has 0 saturated carbocycles. The van der Waals surface area contributed by atoms with Crippen LogP contribution in [0.4, 0.5) is 5.82 Å². The van der Waals surface area contributed by atoms with Crippen LogP contribution in [0, 0.1) is 0 Å². The molecule has 0 saturated heterocycles. The predicted molar refractivity (Wildman–Crippen MR) is 71.8 cm³/mol. The van der Waals surface area contributed by atoms with Gasteiger partial charge in [-0.3, -0.25) is 4.79 Å². The number of hydrogen-bond acceptors (Lipinski definition) is 4. The fraction of sp³-hybridized carbons (Fsp3) is 0.538. The summed E-state index contributed by atoms with van der Waals surface area (Å²) in [4.78, 5) is 17.8. The molecule has 18 heavy (non-hydrogen) atoms. The molecular weight excluding hydrogens is 230 g/mol. The van der Waals surface area contributed by atoms with Crippen molar-refractivity contribution >= 4 is 11.7 Å². The van der Waals surface area contributed by atoms with Gasteiger partial charge in [-0.1, -0.05) is 6.07 Å². The summed E-state index contributed by atoms with van der Waals surface area (Å²) in [5.74, 6) is 1.29. The van der Waals surface area contributed by atoms with Crippen LogP contribution in [0.5, 0.6) is 5.88 Å². The van der Waals surface area contributed by atoms with Crippen LogP contribution in [0.1, 0.15) is 20.8 Å². The lowest BCUT2D eigenvalue weighted by Crippen LogP contribution is -2.35. The van der Waals surface area contributed by atoms with E-state index in [2.05, 4.69) is 10.3 Å². The van der Waals surface area contributed by atoms with Crippen LogP contribution in [0.2, 0.25) is 0 Å². The molecule has 5 heteroatoms. The third-order valence-electron chi connectivity index (χ3n) is 2.55. The van der Waals surface area contributed by atoms with Crippen molar-refractivity contribution in [1.82, 2.24) is 9.88 Å². The van der Waals surface area contributed by atoms with Gasteiger partial charge in [0.1, 0.15) is 5.82 Å². The minimum absolute atomic E-state index is 0.0728. The smallest absolute Gasteiger partial charge is 0.241 e. The van der Waals surface area contributed by atoms with Crippen LogP contribution < -0.4 is 10.1 Å². The molecule has 1 heterocycles. The molecule has 5 nitrogen and oxygen atoms in total. The molecule has 1 amide bonds. The first-order valence-corrected chi connectivity index (χ1v) is 6.32. The van der Waals surface area contributed by atoms with Crippen molar-refractivity contribution in [2.45, 2.75) is 20.8 Å². The number of carbonyl (C=O) groups is 1. The van der Waals surface area contributed by atoms with Crippen LogP contribution in [0.3, 0.4) is 0 Å². The summed E-state index contributed by atoms with van der Waals surface area (Å²) in [5.41, 5.74) is 0. The molecule has 0 bridgehead atoms. The Labute approximate surface area is 108 Å². The molecule has 100 valence electrons. The van der Waals surface area contributed by atoms with Gasteiger partial charge in [-0.15, -0.1) is 0 Å². The van der Waals surface area contributed by atoms with E-state index >= 15 is 0 Å². The summed E-state index contributed by atoms with van der Waals surface area (Å²) in [5, 5.41) is 3.01. The van der Waals surface area contributed by atoms with Crippen molar-refractivity contribution in [3.63, 3.8) is 0 Å². The monoisotopic (exact) mass is 251 g/mol. The Morgan fingerprint density at radius 2 is 2.06 bits per heavy atom. The Morgan fingerprint density at radius 3 is 2.67 bits per heavy atom. The van der Waals surface area contributed by atoms with Gasteiger partial charge in [-0.2, -0.15) is 4.98 Å². The Hall–Kier alpha value is -1.78. The van der Waals surface area contributed by atoms with E-state index < -0.39 is 0 Å². The molecule has 1 aromatic rings. The number of anilines is 1. The number of likely N-dealkylation sites (N-methyl/N-ethyl adjacent to an activating group) is 1. The second-order valence-corrected chi connectivity index (χ2v) is 3.71. The first kappa shape index (κ1) is 14.3. The van der Waals surface area contributed by atoms with E-state index in [9.17, 15) is 4.79 Å². The van der Waals surface area contributed by atoms with E-state index in [1.54, 1.807) is 11.0 Å². The summed E-state index contributed by atoms with van der Waals surface area (Å²) in [7, 11) is 0. The van der Waals surface area contributed by atoms with Crippen molar-refractivity contribution in [3.8, 4) is 5.88 Å². The zero-order valence-electron chi connectivity index (χ0n) is 11.3. The zero-order chi connectivity index (χ0) is 13.4. The molecule has 0 spiro atoms. The molecule has 0 aliphatic heterocycles. The maximum absolute atomic E-state index is 11.8. The third kappa shape index (κ3) is 4.24. The van der Waals surface area contributed by atoms with Crippen molar-refractivity contribution in [2.24, 2.45) is 0 Å². The van der Waals surface area contributed by atoms with Crippen molar-refractivity contribution < 1.29 is 9.53 Å². The average molecular weight is 251 g/mol. The van der Waals surface area contributed by atoms with Crippen LogP contribution in [0.15, 0.2) is 18.2 Å². The van der Waals surface area contributed by atoms with Crippen LogP contribution in [-0.2, 0) is 4.79 Å². The number of rotatable bonds is 7. The molecular formula is C13H21N3O2. The van der Waals surface area contributed by atoms with E-state index in [1.807, 2.05) is 32.9 Å². The lowest BCUT2D eigenvalue weighted by Gasteiger charge is -2.18. The van der Waals surface area contributed by atoms with Gasteiger partial charge in [0.2, 0.25) is 11.8 Å². The number of amides is 1. The topological polar surface area (TPSA) is 54.5 Å². The average Bonchev–Trinajstić information content (AvgIpc) is 2.39. The predicted octanol–water partition coefficient (Wildman–Crippen LogP) is 1.76. The Kier molecular flexibility index (Phi) is 5.97. The summed E-state index contributed by atoms with van der Waals surface area (Å²) < 4.78 is 5.30. The first-order chi connectivity index (χ1) is 8.71. The van der Waals surface area contributed by atoms with E-state index in [4.69, 9.17) is 4.74 Å². The normalized spacial score (nSPS) is 9.94. The Balaban J connectivity index is 2.52. The summed E-state index contributed by atoms with van der Waals surface area (Å²) in [6.45, 7) is 8.13. The standard InChI is InChI=1S/C13H21N3O2/c1-4-16(5-2)13(17)10-14-11-8-7-9-12(15-11)18-6-3/h7-9H,4-6,10H2,1-3H3,(H,14,15). The second kappa shape index (κ2) is 7.53. The number of hydrogen-bond donors (Lipinski definition) is 1. The largest absolute Gasteiger partial charge is 0.478 e. The Bertz CT molecular complexity index is 378. The van der Waals surface area contributed by atoms with Gasteiger partial charge in [0.25, 0.3) is 0 Å². The summed E-state index contributed by atoms with van der Waals surface area (Å²) in [6, 6.07) is 5.46. The maximum atomic E-state index is 11.8. The highest BCUT2D eigenvalue weighted by Gasteiger charge is 2.09. The molecule has 1 N–H and O–H groups in total. The quantitative estimate of drug-likeness (QED) is 0.802. The number of nitrogens with zero attached hydrogens (tertiary/aromatic N) is 2. The number of pyridine rings is 1. The second-order valence-electron chi connectivity index (χ2n) is 3.71. The summed E-state index contributed by atoms with van der Waals surface area (Å²) >= 11 is 0. The van der Waals surface area contributed by atoms with Gasteiger partial charge >= 0.3 is 0 Å². The SMILES string of the molecule is CCOc1cccc(NCC(=O)N(CC)CC)n1. The van der Waals surface area contributed by atoms with Gasteiger partial charge in [0, 0.05) is 19.2 Å². The number of aromatic nitrogens is 1. The molecule has 0 unspecified atom stereocenters. The molecule has 1 rings (SSSR count). The van der Waals surface area contributed by atoms with Gasteiger partial charge in [-0.25, -0.2) is 0 Å². The number of nitrogens with one attached hydrogen (secondary N) is 1. The minimum atomic E-state index is 0.0728. The lowest BCUT2D eigenvalue weighted by molar-refractivity contribution is -0.128. The van der Waals surface area contributed by atoms with Gasteiger partial charge < -0.3 is 15.0 Å². The Morgan fingerprint density at radius 1 is 1.33 bits per heavy atom. The van der Waals surface area contributed by atoms with E-state index in [1.165, 1.54) is 0 Å². The van der Waals surface area contributed by atoms with Crippen molar-refractivity contribution in [3.05, 3.63) is 18.2 Å². The third-order valence-corrected chi connectivity index (χ3v) is 2.55. The molecule has 0 radical (unpaired) electrons. The van der Waals surface area contributed by atoms with Crippen LogP contribution >= 0.6 is 0 Å². The van der Waals surface area contributed by atoms with E-state index in [-0.39, 0.29) is 12.5 Å². The maximum Gasteiger partial charge on any atom is 0.241 e. The van der Waals surface area contributed by atoms with Crippen molar-refractivity contribution in [1.29, 1.82) is 0 Å². The molecule has 0 atom stereocenters. The number of carbonyl (C=O) groups excluding carboxylic acids is 1. The molecule has 0 aromatic carbocycles. The molecule has 0 fully saturated rings.